The van der Waals surface area contributed by atoms with Gasteiger partial charge in [0.05, 0.1) is 11.1 Å². The van der Waals surface area contributed by atoms with Crippen LogP contribution in [0.2, 0.25) is 10.0 Å². The maximum absolute atomic E-state index is 12.6. The molecule has 1 amide bonds. The highest BCUT2D eigenvalue weighted by atomic mass is 35.5. The van der Waals surface area contributed by atoms with Gasteiger partial charge in [0.1, 0.15) is 4.88 Å². The van der Waals surface area contributed by atoms with E-state index in [9.17, 15) is 4.79 Å². The van der Waals surface area contributed by atoms with E-state index < -0.39 is 0 Å². The summed E-state index contributed by atoms with van der Waals surface area (Å²) in [4.78, 5) is 15.2. The first-order valence-electron chi connectivity index (χ1n) is 7.85. The number of hydrogen-bond acceptors (Lipinski definition) is 3. The van der Waals surface area contributed by atoms with Gasteiger partial charge in [-0.2, -0.15) is 0 Å². The van der Waals surface area contributed by atoms with E-state index in [1.165, 1.54) is 11.3 Å². The van der Waals surface area contributed by atoms with E-state index in [1.54, 1.807) is 0 Å². The van der Waals surface area contributed by atoms with E-state index in [4.69, 9.17) is 23.2 Å². The van der Waals surface area contributed by atoms with Crippen molar-refractivity contribution in [1.82, 2.24) is 10.2 Å². The third-order valence-electron chi connectivity index (χ3n) is 4.08. The molecule has 25 heavy (non-hydrogen) atoms. The second kappa shape index (κ2) is 7.75. The Labute approximate surface area is 161 Å². The molecule has 0 aliphatic carbocycles. The number of likely N-dealkylation sites (N-methyl/N-ethyl adjacent to an activating group) is 1. The molecule has 2 aromatic carbocycles. The van der Waals surface area contributed by atoms with Crippen molar-refractivity contribution in [2.75, 3.05) is 20.6 Å². The summed E-state index contributed by atoms with van der Waals surface area (Å²) in [7, 11) is 3.93. The van der Waals surface area contributed by atoms with E-state index >= 15 is 0 Å². The minimum absolute atomic E-state index is 0.0224. The van der Waals surface area contributed by atoms with Crippen molar-refractivity contribution in [3.05, 3.63) is 69.0 Å². The number of amides is 1. The lowest BCUT2D eigenvalue weighted by Gasteiger charge is -2.25. The average molecular weight is 393 g/mol. The molecule has 0 unspecified atom stereocenters. The molecule has 0 aliphatic heterocycles. The van der Waals surface area contributed by atoms with Crippen molar-refractivity contribution < 1.29 is 4.79 Å². The quantitative estimate of drug-likeness (QED) is 0.643. The van der Waals surface area contributed by atoms with Gasteiger partial charge < -0.3 is 10.2 Å². The van der Waals surface area contributed by atoms with Gasteiger partial charge in [-0.3, -0.25) is 4.79 Å². The maximum Gasteiger partial charge on any atom is 0.262 e. The standard InChI is InChI=1S/C19H18Cl2N2OS/c1-23(2)15(12-7-3-5-9-14(12)20)11-22-19(24)18-17(21)13-8-4-6-10-16(13)25-18/h3-10,15H,11H2,1-2H3,(H,22,24)/t15-/m1/s1. The maximum atomic E-state index is 12.6. The Hall–Kier alpha value is -1.59. The summed E-state index contributed by atoms with van der Waals surface area (Å²) < 4.78 is 1.01. The second-order valence-corrected chi connectivity index (χ2v) is 7.79. The molecule has 0 saturated heterocycles. The zero-order valence-corrected chi connectivity index (χ0v) is 16.3. The summed E-state index contributed by atoms with van der Waals surface area (Å²) >= 11 is 14.1. The fourth-order valence-corrected chi connectivity index (χ4v) is 4.44. The highest BCUT2D eigenvalue weighted by Crippen LogP contribution is 2.35. The number of hydrogen-bond donors (Lipinski definition) is 1. The summed E-state index contributed by atoms with van der Waals surface area (Å²) in [6.07, 6.45) is 0. The number of rotatable bonds is 5. The lowest BCUT2D eigenvalue weighted by molar-refractivity contribution is 0.0946. The Balaban J connectivity index is 1.80. The van der Waals surface area contributed by atoms with Crippen LogP contribution < -0.4 is 5.32 Å². The van der Waals surface area contributed by atoms with Gasteiger partial charge in [0.25, 0.3) is 5.91 Å². The van der Waals surface area contributed by atoms with Crippen molar-refractivity contribution in [2.24, 2.45) is 0 Å². The van der Waals surface area contributed by atoms with Crippen LogP contribution >= 0.6 is 34.5 Å². The predicted molar refractivity (Wildman–Crippen MR) is 107 cm³/mol. The number of carbonyl (C=O) groups is 1. The van der Waals surface area contributed by atoms with Crippen molar-refractivity contribution in [2.45, 2.75) is 6.04 Å². The number of nitrogens with one attached hydrogen (secondary N) is 1. The molecule has 6 heteroatoms. The van der Waals surface area contributed by atoms with E-state index in [2.05, 4.69) is 5.32 Å². The molecule has 0 bridgehead atoms. The lowest BCUT2D eigenvalue weighted by atomic mass is 10.1. The molecule has 1 aromatic heterocycles. The molecule has 3 nitrogen and oxygen atoms in total. The first-order valence-corrected chi connectivity index (χ1v) is 9.42. The highest BCUT2D eigenvalue weighted by molar-refractivity contribution is 7.21. The minimum atomic E-state index is -0.162. The van der Waals surface area contributed by atoms with Crippen LogP contribution in [0.25, 0.3) is 10.1 Å². The fraction of sp³-hybridized carbons (Fsp3) is 0.211. The van der Waals surface area contributed by atoms with Gasteiger partial charge in [-0.1, -0.05) is 59.6 Å². The number of benzene rings is 2. The summed E-state index contributed by atoms with van der Waals surface area (Å²) in [5.41, 5.74) is 0.983. The third-order valence-corrected chi connectivity index (χ3v) is 6.10. The normalized spacial score (nSPS) is 12.5. The van der Waals surface area contributed by atoms with E-state index in [0.29, 0.717) is 21.5 Å². The van der Waals surface area contributed by atoms with Crippen LogP contribution in [0.1, 0.15) is 21.3 Å². The van der Waals surface area contributed by atoms with Crippen LogP contribution in [0, 0.1) is 0 Å². The molecule has 0 spiro atoms. The molecule has 130 valence electrons. The smallest absolute Gasteiger partial charge is 0.262 e. The van der Waals surface area contributed by atoms with Gasteiger partial charge in [0, 0.05) is 21.7 Å². The Morgan fingerprint density at radius 3 is 2.48 bits per heavy atom. The van der Waals surface area contributed by atoms with Crippen molar-refractivity contribution in [1.29, 1.82) is 0 Å². The molecule has 1 heterocycles. The molecular weight excluding hydrogens is 375 g/mol. The van der Waals surface area contributed by atoms with E-state index in [-0.39, 0.29) is 11.9 Å². The topological polar surface area (TPSA) is 32.3 Å². The van der Waals surface area contributed by atoms with Gasteiger partial charge >= 0.3 is 0 Å². The zero-order valence-electron chi connectivity index (χ0n) is 13.9. The minimum Gasteiger partial charge on any atom is -0.349 e. The number of fused-ring (bicyclic) bond motifs is 1. The van der Waals surface area contributed by atoms with Crippen LogP contribution in [0.4, 0.5) is 0 Å². The predicted octanol–water partition coefficient (Wildman–Crippen LogP) is 5.24. The second-order valence-electron chi connectivity index (χ2n) is 5.95. The monoisotopic (exact) mass is 392 g/mol. The molecule has 0 radical (unpaired) electrons. The van der Waals surface area contributed by atoms with Gasteiger partial charge in [-0.25, -0.2) is 0 Å². The number of thiophene rings is 1. The summed E-state index contributed by atoms with van der Waals surface area (Å²) in [5, 5.41) is 5.11. The van der Waals surface area contributed by atoms with Crippen molar-refractivity contribution in [3.63, 3.8) is 0 Å². The summed E-state index contributed by atoms with van der Waals surface area (Å²) in [6.45, 7) is 0.445. The van der Waals surface area contributed by atoms with Crippen LogP contribution in [0.3, 0.4) is 0 Å². The van der Waals surface area contributed by atoms with Gasteiger partial charge in [0.2, 0.25) is 0 Å². The Morgan fingerprint density at radius 2 is 1.80 bits per heavy atom. The lowest BCUT2D eigenvalue weighted by Crippen LogP contribution is -2.34. The molecule has 0 aliphatic rings. The van der Waals surface area contributed by atoms with Crippen molar-refractivity contribution >= 4 is 50.5 Å². The Morgan fingerprint density at radius 1 is 1.12 bits per heavy atom. The van der Waals surface area contributed by atoms with Crippen LogP contribution in [0.5, 0.6) is 0 Å². The molecule has 1 N–H and O–H groups in total. The molecule has 0 saturated carbocycles. The Kier molecular flexibility index (Phi) is 5.64. The van der Waals surface area contributed by atoms with Crippen LogP contribution in [-0.2, 0) is 0 Å². The van der Waals surface area contributed by atoms with Gasteiger partial charge in [-0.15, -0.1) is 11.3 Å². The van der Waals surface area contributed by atoms with E-state index in [0.717, 1.165) is 15.6 Å². The number of carbonyl (C=O) groups excluding carboxylic acids is 1. The third kappa shape index (κ3) is 3.82. The SMILES string of the molecule is CN(C)[C@H](CNC(=O)c1sc2ccccc2c1Cl)c1ccccc1Cl. The summed E-state index contributed by atoms with van der Waals surface area (Å²) in [6, 6.07) is 15.4. The summed E-state index contributed by atoms with van der Waals surface area (Å²) in [5.74, 6) is -0.162. The first kappa shape index (κ1) is 18.2. The molecule has 3 aromatic rings. The molecule has 0 fully saturated rings. The average Bonchev–Trinajstić information content (AvgIpc) is 2.93. The Bertz CT molecular complexity index is 907. The van der Waals surface area contributed by atoms with Crippen molar-refractivity contribution in [3.8, 4) is 0 Å². The zero-order chi connectivity index (χ0) is 18.0. The fourth-order valence-electron chi connectivity index (χ4n) is 2.75. The molecular formula is C19H18Cl2N2OS. The van der Waals surface area contributed by atoms with E-state index in [1.807, 2.05) is 67.5 Å². The number of halogens is 2. The number of nitrogens with zero attached hydrogens (tertiary/aromatic N) is 1. The van der Waals surface area contributed by atoms with Gasteiger partial charge in [0.15, 0.2) is 0 Å². The molecule has 3 rings (SSSR count). The van der Waals surface area contributed by atoms with Gasteiger partial charge in [-0.05, 0) is 31.8 Å². The largest absolute Gasteiger partial charge is 0.349 e. The first-order chi connectivity index (χ1) is 12.0. The van der Waals surface area contributed by atoms with Crippen LogP contribution in [-0.4, -0.2) is 31.4 Å². The van der Waals surface area contributed by atoms with Crippen LogP contribution in [0.15, 0.2) is 48.5 Å². The highest BCUT2D eigenvalue weighted by Gasteiger charge is 2.21. The molecule has 1 atom stereocenters.